The van der Waals surface area contributed by atoms with Gasteiger partial charge in [0, 0.05) is 18.0 Å². The quantitative estimate of drug-likeness (QED) is 0.886. The number of rotatable bonds is 5. The third kappa shape index (κ3) is 3.43. The van der Waals surface area contributed by atoms with Crippen molar-refractivity contribution in [1.82, 2.24) is 5.32 Å². The van der Waals surface area contributed by atoms with Crippen molar-refractivity contribution < 1.29 is 0 Å². The summed E-state index contributed by atoms with van der Waals surface area (Å²) in [5, 5.41) is 14.2. The van der Waals surface area contributed by atoms with E-state index in [4.69, 9.17) is 5.26 Å². The van der Waals surface area contributed by atoms with Crippen LogP contribution in [0.25, 0.3) is 11.1 Å². The van der Waals surface area contributed by atoms with Crippen LogP contribution in [-0.4, -0.2) is 6.54 Å². The van der Waals surface area contributed by atoms with Crippen LogP contribution in [0.4, 0.5) is 0 Å². The van der Waals surface area contributed by atoms with Crippen molar-refractivity contribution in [2.24, 2.45) is 5.92 Å². The van der Waals surface area contributed by atoms with Crippen LogP contribution >= 0.6 is 11.3 Å². The highest BCUT2D eigenvalue weighted by atomic mass is 32.1. The molecule has 1 aromatic heterocycles. The minimum Gasteiger partial charge on any atom is -0.311 e. The number of nitrogens with one attached hydrogen (secondary N) is 1. The Morgan fingerprint density at radius 3 is 2.78 bits per heavy atom. The van der Waals surface area contributed by atoms with Crippen LogP contribution in [0.1, 0.15) is 11.8 Å². The summed E-state index contributed by atoms with van der Waals surface area (Å²) in [5.41, 5.74) is 2.52. The number of nitriles is 1. The third-order valence-electron chi connectivity index (χ3n) is 2.73. The lowest BCUT2D eigenvalue weighted by Crippen LogP contribution is -2.19. The van der Waals surface area contributed by atoms with E-state index >= 15 is 0 Å². The summed E-state index contributed by atoms with van der Waals surface area (Å²) in [7, 11) is 0. The van der Waals surface area contributed by atoms with Crippen molar-refractivity contribution in [2.45, 2.75) is 13.5 Å². The highest BCUT2D eigenvalue weighted by Gasteiger charge is 2.03. The number of thiophene rings is 1. The molecule has 2 nitrogen and oxygen atoms in total. The second kappa shape index (κ2) is 6.34. The second-order valence-electron chi connectivity index (χ2n) is 4.33. The molecule has 0 aliphatic heterocycles. The minimum absolute atomic E-state index is 0.0681. The average molecular weight is 256 g/mol. The van der Waals surface area contributed by atoms with Crippen molar-refractivity contribution in [1.29, 1.82) is 5.26 Å². The molecule has 0 aliphatic rings. The van der Waals surface area contributed by atoms with Gasteiger partial charge >= 0.3 is 0 Å². The predicted molar refractivity (Wildman–Crippen MR) is 76.2 cm³/mol. The van der Waals surface area contributed by atoms with Gasteiger partial charge in [-0.3, -0.25) is 0 Å². The summed E-state index contributed by atoms with van der Waals surface area (Å²) in [6.07, 6.45) is 0. The van der Waals surface area contributed by atoms with E-state index < -0.39 is 0 Å². The molecule has 0 fully saturated rings. The molecule has 0 spiro atoms. The number of hydrogen-bond donors (Lipinski definition) is 1. The fourth-order valence-corrected chi connectivity index (χ4v) is 2.58. The molecule has 0 radical (unpaired) electrons. The summed E-state index contributed by atoms with van der Waals surface area (Å²) in [6.45, 7) is 3.51. The van der Waals surface area contributed by atoms with Gasteiger partial charge in [0.1, 0.15) is 0 Å². The first-order valence-corrected chi connectivity index (χ1v) is 6.90. The fourth-order valence-electron chi connectivity index (χ4n) is 1.71. The first-order valence-electron chi connectivity index (χ1n) is 6.03. The van der Waals surface area contributed by atoms with E-state index in [1.807, 2.05) is 13.0 Å². The molecule has 3 heteroatoms. The Morgan fingerprint density at radius 2 is 2.06 bits per heavy atom. The largest absolute Gasteiger partial charge is 0.311 e. The van der Waals surface area contributed by atoms with Gasteiger partial charge in [-0.25, -0.2) is 0 Å². The van der Waals surface area contributed by atoms with Gasteiger partial charge in [0.25, 0.3) is 0 Å². The maximum absolute atomic E-state index is 8.70. The molecular formula is C15H16N2S. The molecule has 0 saturated carbocycles. The fraction of sp³-hybridized carbons (Fsp3) is 0.267. The molecule has 0 aliphatic carbocycles. The highest BCUT2D eigenvalue weighted by Crippen LogP contribution is 2.25. The molecule has 1 N–H and O–H groups in total. The summed E-state index contributed by atoms with van der Waals surface area (Å²) in [5.74, 6) is 0.0681. The van der Waals surface area contributed by atoms with Crippen LogP contribution in [0.5, 0.6) is 0 Å². The van der Waals surface area contributed by atoms with Gasteiger partial charge in [-0.15, -0.1) is 11.3 Å². The minimum atomic E-state index is 0.0681. The van der Waals surface area contributed by atoms with E-state index in [-0.39, 0.29) is 5.92 Å². The first kappa shape index (κ1) is 12.8. The lowest BCUT2D eigenvalue weighted by Gasteiger charge is -2.03. The van der Waals surface area contributed by atoms with Crippen LogP contribution < -0.4 is 5.32 Å². The molecule has 1 unspecified atom stereocenters. The molecule has 0 saturated heterocycles. The predicted octanol–water partition coefficient (Wildman–Crippen LogP) is 3.66. The Balaban J connectivity index is 1.93. The van der Waals surface area contributed by atoms with Crippen LogP contribution in [0.3, 0.4) is 0 Å². The van der Waals surface area contributed by atoms with Crippen molar-refractivity contribution in [3.63, 3.8) is 0 Å². The summed E-state index contributed by atoms with van der Waals surface area (Å²) < 4.78 is 0. The van der Waals surface area contributed by atoms with Crippen molar-refractivity contribution in [3.05, 3.63) is 46.7 Å². The smallest absolute Gasteiger partial charge is 0.0666 e. The molecule has 18 heavy (non-hydrogen) atoms. The summed E-state index contributed by atoms with van der Waals surface area (Å²) in [4.78, 5) is 1.30. The Hall–Kier alpha value is -1.63. The molecule has 0 amide bonds. The molecule has 92 valence electrons. The summed E-state index contributed by atoms with van der Waals surface area (Å²) in [6, 6.07) is 14.8. The zero-order valence-electron chi connectivity index (χ0n) is 10.4. The zero-order chi connectivity index (χ0) is 12.8. The van der Waals surface area contributed by atoms with Gasteiger partial charge < -0.3 is 5.32 Å². The number of nitrogens with zero attached hydrogens (tertiary/aromatic N) is 1. The van der Waals surface area contributed by atoms with Gasteiger partial charge in [0.15, 0.2) is 0 Å². The van der Waals surface area contributed by atoms with E-state index in [1.165, 1.54) is 16.0 Å². The molecule has 0 bridgehead atoms. The third-order valence-corrected chi connectivity index (χ3v) is 3.67. The molecule has 1 aromatic carbocycles. The van der Waals surface area contributed by atoms with Gasteiger partial charge in [0.05, 0.1) is 12.0 Å². The zero-order valence-corrected chi connectivity index (χ0v) is 11.2. The second-order valence-corrected chi connectivity index (χ2v) is 5.32. The topological polar surface area (TPSA) is 35.8 Å². The van der Waals surface area contributed by atoms with Gasteiger partial charge in [0.2, 0.25) is 0 Å². The van der Waals surface area contributed by atoms with Crippen LogP contribution in [0, 0.1) is 17.2 Å². The SMILES string of the molecule is CC(C#N)CNCc1cc(-c2ccccc2)cs1. The van der Waals surface area contributed by atoms with E-state index in [1.54, 1.807) is 11.3 Å². The lowest BCUT2D eigenvalue weighted by atomic mass is 10.1. The normalized spacial score (nSPS) is 12.0. The number of hydrogen-bond acceptors (Lipinski definition) is 3. The molecule has 2 rings (SSSR count). The van der Waals surface area contributed by atoms with Crippen molar-refractivity contribution in [3.8, 4) is 17.2 Å². The Labute approximate surface area is 112 Å². The highest BCUT2D eigenvalue weighted by molar-refractivity contribution is 7.10. The van der Waals surface area contributed by atoms with Crippen LogP contribution in [0.15, 0.2) is 41.8 Å². The lowest BCUT2D eigenvalue weighted by molar-refractivity contribution is 0.605. The van der Waals surface area contributed by atoms with Gasteiger partial charge in [-0.2, -0.15) is 5.26 Å². The Bertz CT molecular complexity index is 525. The monoisotopic (exact) mass is 256 g/mol. The van der Waals surface area contributed by atoms with E-state index in [9.17, 15) is 0 Å². The van der Waals surface area contributed by atoms with Crippen molar-refractivity contribution in [2.75, 3.05) is 6.54 Å². The Morgan fingerprint density at radius 1 is 1.28 bits per heavy atom. The molecule has 2 aromatic rings. The van der Waals surface area contributed by atoms with Crippen LogP contribution in [-0.2, 0) is 6.54 Å². The van der Waals surface area contributed by atoms with Gasteiger partial charge in [-0.1, -0.05) is 30.3 Å². The summed E-state index contributed by atoms with van der Waals surface area (Å²) >= 11 is 1.76. The first-order chi connectivity index (χ1) is 8.79. The average Bonchev–Trinajstić information content (AvgIpc) is 2.88. The standard InChI is InChI=1S/C15H16N2S/c1-12(8-16)9-17-10-15-7-14(11-18-15)13-5-3-2-4-6-13/h2-7,11-12,17H,9-10H2,1H3. The maximum atomic E-state index is 8.70. The van der Waals surface area contributed by atoms with E-state index in [2.05, 4.69) is 47.1 Å². The van der Waals surface area contributed by atoms with Crippen molar-refractivity contribution >= 4 is 11.3 Å². The van der Waals surface area contributed by atoms with Crippen LogP contribution in [0.2, 0.25) is 0 Å². The Kier molecular flexibility index (Phi) is 4.52. The van der Waals surface area contributed by atoms with Gasteiger partial charge in [-0.05, 0) is 29.5 Å². The van der Waals surface area contributed by atoms with E-state index in [0.717, 1.165) is 13.1 Å². The molecular weight excluding hydrogens is 240 g/mol. The van der Waals surface area contributed by atoms with E-state index in [0.29, 0.717) is 0 Å². The maximum Gasteiger partial charge on any atom is 0.0666 e. The molecule has 1 atom stereocenters. The number of benzene rings is 1. The molecule has 1 heterocycles.